The van der Waals surface area contributed by atoms with Crippen LogP contribution in [0.25, 0.3) is 0 Å². The molecular weight excluding hydrogens is 273 g/mol. The van der Waals surface area contributed by atoms with Crippen LogP contribution in [-0.2, 0) is 0 Å². The van der Waals surface area contributed by atoms with E-state index in [0.717, 1.165) is 12.8 Å². The monoisotopic (exact) mass is 283 g/mol. The maximum absolute atomic E-state index is 13.5. The van der Waals surface area contributed by atoms with Gasteiger partial charge < -0.3 is 4.74 Å². The number of hydrogen-bond acceptors (Lipinski definition) is 2. The third kappa shape index (κ3) is 2.35. The van der Waals surface area contributed by atoms with Crippen molar-refractivity contribution in [3.05, 3.63) is 28.5 Å². The van der Waals surface area contributed by atoms with Crippen molar-refractivity contribution in [1.29, 1.82) is 5.26 Å². The van der Waals surface area contributed by atoms with E-state index in [0.29, 0.717) is 17.5 Å². The van der Waals surface area contributed by atoms with E-state index in [1.165, 1.54) is 0 Å². The average Bonchev–Trinajstić information content (AvgIpc) is 3.05. The van der Waals surface area contributed by atoms with Gasteiger partial charge in [0.2, 0.25) is 0 Å². The van der Waals surface area contributed by atoms with Crippen LogP contribution in [-0.4, -0.2) is 6.61 Å². The Morgan fingerprint density at radius 3 is 2.88 bits per heavy atom. The van der Waals surface area contributed by atoms with Crippen LogP contribution in [0.15, 0.2) is 22.7 Å². The highest BCUT2D eigenvalue weighted by atomic mass is 79.9. The Kier molecular flexibility index (Phi) is 3.15. The summed E-state index contributed by atoms with van der Waals surface area (Å²) in [6, 6.07) is 7.22. The van der Waals surface area contributed by atoms with Gasteiger partial charge in [0.15, 0.2) is 11.6 Å². The number of rotatable bonds is 4. The molecular formula is C12H11BrFNO. The first-order valence-electron chi connectivity index (χ1n) is 5.15. The van der Waals surface area contributed by atoms with Crippen LogP contribution < -0.4 is 4.74 Å². The SMILES string of the molecule is N#CC1(CCOc2cccc(Br)c2F)CC1. The number of nitriles is 1. The summed E-state index contributed by atoms with van der Waals surface area (Å²) >= 11 is 3.10. The second-order valence-electron chi connectivity index (χ2n) is 4.04. The lowest BCUT2D eigenvalue weighted by molar-refractivity contribution is 0.275. The third-order valence-corrected chi connectivity index (χ3v) is 3.46. The second kappa shape index (κ2) is 4.42. The summed E-state index contributed by atoms with van der Waals surface area (Å²) in [5.74, 6) is -0.146. The minimum atomic E-state index is -0.385. The highest BCUT2D eigenvalue weighted by molar-refractivity contribution is 9.10. The summed E-state index contributed by atoms with van der Waals surface area (Å²) in [5, 5.41) is 8.87. The Bertz CT molecular complexity index is 437. The Balaban J connectivity index is 1.91. The number of benzene rings is 1. The largest absolute Gasteiger partial charge is 0.490 e. The molecule has 0 heterocycles. The van der Waals surface area contributed by atoms with Crippen molar-refractivity contribution in [2.75, 3.05) is 6.61 Å². The van der Waals surface area contributed by atoms with E-state index < -0.39 is 0 Å². The van der Waals surface area contributed by atoms with Crippen LogP contribution in [0.3, 0.4) is 0 Å². The standard InChI is InChI=1S/C12H11BrFNO/c13-9-2-1-3-10(11(9)14)16-7-6-12(8-15)4-5-12/h1-3H,4-7H2. The lowest BCUT2D eigenvalue weighted by Crippen LogP contribution is -2.06. The first kappa shape index (κ1) is 11.4. The highest BCUT2D eigenvalue weighted by Gasteiger charge is 2.42. The molecule has 1 aromatic rings. The maximum Gasteiger partial charge on any atom is 0.179 e. The molecule has 1 aliphatic carbocycles. The van der Waals surface area contributed by atoms with E-state index >= 15 is 0 Å². The van der Waals surface area contributed by atoms with E-state index in [4.69, 9.17) is 10.00 Å². The Labute approximate surface area is 102 Å². The third-order valence-electron chi connectivity index (χ3n) is 2.85. The van der Waals surface area contributed by atoms with Gasteiger partial charge in [0.25, 0.3) is 0 Å². The lowest BCUT2D eigenvalue weighted by Gasteiger charge is -2.09. The van der Waals surface area contributed by atoms with Crippen LogP contribution in [0, 0.1) is 22.6 Å². The molecule has 0 saturated heterocycles. The lowest BCUT2D eigenvalue weighted by atomic mass is 10.1. The van der Waals surface area contributed by atoms with Gasteiger partial charge in [0.05, 0.1) is 22.6 Å². The number of ether oxygens (including phenoxy) is 1. The smallest absolute Gasteiger partial charge is 0.179 e. The molecule has 0 unspecified atom stereocenters. The zero-order valence-electron chi connectivity index (χ0n) is 8.67. The molecule has 0 atom stereocenters. The first-order valence-corrected chi connectivity index (χ1v) is 5.94. The fourth-order valence-electron chi connectivity index (χ4n) is 1.52. The minimum absolute atomic E-state index is 0.192. The zero-order valence-corrected chi connectivity index (χ0v) is 10.3. The number of halogens is 2. The predicted molar refractivity (Wildman–Crippen MR) is 61.5 cm³/mol. The van der Waals surface area contributed by atoms with Gasteiger partial charge in [0.1, 0.15) is 0 Å². The van der Waals surface area contributed by atoms with Gasteiger partial charge in [-0.3, -0.25) is 0 Å². The van der Waals surface area contributed by atoms with Crippen molar-refractivity contribution in [3.8, 4) is 11.8 Å². The van der Waals surface area contributed by atoms with Crippen LogP contribution in [0.4, 0.5) is 4.39 Å². The molecule has 0 radical (unpaired) electrons. The van der Waals surface area contributed by atoms with Crippen molar-refractivity contribution in [2.24, 2.45) is 5.41 Å². The molecule has 2 nitrogen and oxygen atoms in total. The summed E-state index contributed by atoms with van der Waals surface area (Å²) in [4.78, 5) is 0. The van der Waals surface area contributed by atoms with Crippen molar-refractivity contribution in [2.45, 2.75) is 19.3 Å². The molecule has 4 heteroatoms. The minimum Gasteiger partial charge on any atom is -0.490 e. The van der Waals surface area contributed by atoms with Gasteiger partial charge in [-0.2, -0.15) is 5.26 Å². The molecule has 2 rings (SSSR count). The van der Waals surface area contributed by atoms with Crippen molar-refractivity contribution in [1.82, 2.24) is 0 Å². The van der Waals surface area contributed by atoms with Crippen LogP contribution in [0.2, 0.25) is 0 Å². The topological polar surface area (TPSA) is 33.0 Å². The fraction of sp³-hybridized carbons (Fsp3) is 0.417. The van der Waals surface area contributed by atoms with Gasteiger partial charge >= 0.3 is 0 Å². The van der Waals surface area contributed by atoms with Gasteiger partial charge in [-0.15, -0.1) is 0 Å². The Morgan fingerprint density at radius 1 is 1.50 bits per heavy atom. The van der Waals surface area contributed by atoms with Crippen LogP contribution in [0.1, 0.15) is 19.3 Å². The number of hydrogen-bond donors (Lipinski definition) is 0. The van der Waals surface area contributed by atoms with E-state index in [2.05, 4.69) is 22.0 Å². The molecule has 84 valence electrons. The van der Waals surface area contributed by atoms with E-state index in [9.17, 15) is 4.39 Å². The summed E-state index contributed by atoms with van der Waals surface area (Å²) in [6.45, 7) is 0.390. The summed E-state index contributed by atoms with van der Waals surface area (Å²) in [7, 11) is 0. The second-order valence-corrected chi connectivity index (χ2v) is 4.90. The normalized spacial score (nSPS) is 16.6. The Hall–Kier alpha value is -1.08. The number of nitrogens with zero attached hydrogens (tertiary/aromatic N) is 1. The molecule has 0 bridgehead atoms. The van der Waals surface area contributed by atoms with E-state index in [1.54, 1.807) is 18.2 Å². The molecule has 1 aromatic carbocycles. The zero-order chi connectivity index (χ0) is 11.6. The fourth-order valence-corrected chi connectivity index (χ4v) is 1.87. The van der Waals surface area contributed by atoms with Crippen molar-refractivity contribution in [3.63, 3.8) is 0 Å². The first-order chi connectivity index (χ1) is 7.67. The molecule has 1 saturated carbocycles. The van der Waals surface area contributed by atoms with Crippen molar-refractivity contribution < 1.29 is 9.13 Å². The van der Waals surface area contributed by atoms with Gasteiger partial charge in [-0.1, -0.05) is 6.07 Å². The maximum atomic E-state index is 13.5. The van der Waals surface area contributed by atoms with E-state index in [-0.39, 0.29) is 17.0 Å². The molecule has 1 fully saturated rings. The van der Waals surface area contributed by atoms with Crippen LogP contribution in [0.5, 0.6) is 5.75 Å². The summed E-state index contributed by atoms with van der Waals surface area (Å²) in [5.41, 5.74) is -0.192. The van der Waals surface area contributed by atoms with Gasteiger partial charge in [-0.05, 0) is 40.9 Å². The molecule has 0 aromatic heterocycles. The quantitative estimate of drug-likeness (QED) is 0.845. The van der Waals surface area contributed by atoms with Crippen LogP contribution >= 0.6 is 15.9 Å². The predicted octanol–water partition coefficient (Wildman–Crippen LogP) is 3.66. The molecule has 0 aliphatic heterocycles. The molecule has 0 amide bonds. The average molecular weight is 284 g/mol. The summed E-state index contributed by atoms with van der Waals surface area (Å²) in [6.07, 6.45) is 2.55. The Morgan fingerprint density at radius 2 is 2.25 bits per heavy atom. The molecule has 1 aliphatic rings. The van der Waals surface area contributed by atoms with Crippen molar-refractivity contribution >= 4 is 15.9 Å². The van der Waals surface area contributed by atoms with Gasteiger partial charge in [-0.25, -0.2) is 4.39 Å². The molecule has 16 heavy (non-hydrogen) atoms. The highest BCUT2D eigenvalue weighted by Crippen LogP contribution is 2.47. The van der Waals surface area contributed by atoms with Gasteiger partial charge in [0, 0.05) is 6.42 Å². The van der Waals surface area contributed by atoms with E-state index in [1.807, 2.05) is 0 Å². The summed E-state index contributed by atoms with van der Waals surface area (Å²) < 4.78 is 19.2. The molecule has 0 N–H and O–H groups in total. The molecule has 0 spiro atoms.